The molecule has 0 aromatic heterocycles. The number of hydrogen-bond acceptors (Lipinski definition) is 1. The van der Waals surface area contributed by atoms with Gasteiger partial charge in [0, 0.05) is 5.02 Å². The number of aliphatic hydroxyl groups is 1. The van der Waals surface area contributed by atoms with Crippen LogP contribution < -0.4 is 0 Å². The third-order valence-electron chi connectivity index (χ3n) is 1.79. The third kappa shape index (κ3) is 1.73. The Kier molecular flexibility index (Phi) is 2.53. The van der Waals surface area contributed by atoms with Gasteiger partial charge in [-0.2, -0.15) is 0 Å². The minimum absolute atomic E-state index is 0.0871. The lowest BCUT2D eigenvalue weighted by Crippen LogP contribution is -1.89. The normalized spacial score (nSPS) is 10.2. The topological polar surface area (TPSA) is 20.2 Å². The SMILES string of the molecule is Cc1cc(CO)c(C)cc1Cl. The van der Waals surface area contributed by atoms with E-state index in [9.17, 15) is 0 Å². The van der Waals surface area contributed by atoms with E-state index in [4.69, 9.17) is 16.7 Å². The van der Waals surface area contributed by atoms with E-state index in [1.165, 1.54) is 0 Å². The second-order valence-electron chi connectivity index (χ2n) is 2.69. The number of hydrogen-bond donors (Lipinski definition) is 1. The van der Waals surface area contributed by atoms with Gasteiger partial charge in [-0.05, 0) is 36.6 Å². The van der Waals surface area contributed by atoms with Crippen LogP contribution in [0.1, 0.15) is 16.7 Å². The molecule has 1 N–H and O–H groups in total. The average Bonchev–Trinajstić information content (AvgIpc) is 1.97. The molecule has 0 aliphatic heterocycles. The summed E-state index contributed by atoms with van der Waals surface area (Å²) in [6, 6.07) is 3.79. The standard InChI is InChI=1S/C9H11ClO/c1-6-4-9(10)7(2)3-8(6)5-11/h3-4,11H,5H2,1-2H3. The van der Waals surface area contributed by atoms with Crippen molar-refractivity contribution in [2.75, 3.05) is 0 Å². The zero-order valence-corrected chi connectivity index (χ0v) is 7.44. The maximum atomic E-state index is 8.89. The Morgan fingerprint density at radius 1 is 1.27 bits per heavy atom. The van der Waals surface area contributed by atoms with E-state index in [0.717, 1.165) is 21.7 Å². The number of aryl methyl sites for hydroxylation is 2. The predicted octanol–water partition coefficient (Wildman–Crippen LogP) is 2.45. The summed E-state index contributed by atoms with van der Waals surface area (Å²) in [4.78, 5) is 0. The number of benzene rings is 1. The molecule has 0 spiro atoms. The van der Waals surface area contributed by atoms with E-state index in [-0.39, 0.29) is 6.61 Å². The molecular formula is C9H11ClO. The fourth-order valence-electron chi connectivity index (χ4n) is 1.01. The van der Waals surface area contributed by atoms with Crippen molar-refractivity contribution in [1.29, 1.82) is 0 Å². The molecule has 60 valence electrons. The van der Waals surface area contributed by atoms with Crippen molar-refractivity contribution in [1.82, 2.24) is 0 Å². The fourth-order valence-corrected chi connectivity index (χ4v) is 1.23. The number of rotatable bonds is 1. The zero-order chi connectivity index (χ0) is 8.43. The van der Waals surface area contributed by atoms with E-state index in [0.29, 0.717) is 0 Å². The molecule has 0 saturated heterocycles. The van der Waals surface area contributed by atoms with Gasteiger partial charge in [0.1, 0.15) is 0 Å². The highest BCUT2D eigenvalue weighted by atomic mass is 35.5. The van der Waals surface area contributed by atoms with E-state index in [1.54, 1.807) is 0 Å². The first-order chi connectivity index (χ1) is 5.15. The van der Waals surface area contributed by atoms with Crippen molar-refractivity contribution < 1.29 is 5.11 Å². The predicted molar refractivity (Wildman–Crippen MR) is 46.8 cm³/mol. The highest BCUT2D eigenvalue weighted by Crippen LogP contribution is 2.20. The summed E-state index contributed by atoms with van der Waals surface area (Å²) in [7, 11) is 0. The van der Waals surface area contributed by atoms with Gasteiger partial charge in [-0.25, -0.2) is 0 Å². The van der Waals surface area contributed by atoms with Crippen LogP contribution in [0.5, 0.6) is 0 Å². The van der Waals surface area contributed by atoms with Crippen LogP contribution in [0.25, 0.3) is 0 Å². The molecule has 0 bridgehead atoms. The molecule has 0 unspecified atom stereocenters. The van der Waals surface area contributed by atoms with Gasteiger partial charge in [0.25, 0.3) is 0 Å². The van der Waals surface area contributed by atoms with Gasteiger partial charge >= 0.3 is 0 Å². The van der Waals surface area contributed by atoms with Gasteiger partial charge in [0.05, 0.1) is 6.61 Å². The molecule has 1 aromatic carbocycles. The van der Waals surface area contributed by atoms with Crippen molar-refractivity contribution in [2.45, 2.75) is 20.5 Å². The van der Waals surface area contributed by atoms with Crippen LogP contribution in [0.15, 0.2) is 12.1 Å². The van der Waals surface area contributed by atoms with Gasteiger partial charge in [-0.1, -0.05) is 17.7 Å². The minimum atomic E-state index is 0.0871. The molecule has 11 heavy (non-hydrogen) atoms. The first kappa shape index (κ1) is 8.57. The van der Waals surface area contributed by atoms with E-state index in [2.05, 4.69) is 0 Å². The largest absolute Gasteiger partial charge is 0.392 e. The highest BCUT2D eigenvalue weighted by Gasteiger charge is 2.00. The van der Waals surface area contributed by atoms with Crippen LogP contribution in [-0.4, -0.2) is 5.11 Å². The maximum Gasteiger partial charge on any atom is 0.0684 e. The molecule has 1 aromatic rings. The van der Waals surface area contributed by atoms with Crippen LogP contribution in [0.2, 0.25) is 5.02 Å². The molecule has 0 amide bonds. The van der Waals surface area contributed by atoms with Crippen molar-refractivity contribution in [3.05, 3.63) is 33.8 Å². The molecule has 0 radical (unpaired) electrons. The lowest BCUT2D eigenvalue weighted by Gasteiger charge is -2.04. The Bertz CT molecular complexity index is 269. The first-order valence-corrected chi connectivity index (χ1v) is 3.89. The maximum absolute atomic E-state index is 8.89. The Balaban J connectivity index is 3.21. The number of halogens is 1. The van der Waals surface area contributed by atoms with Crippen molar-refractivity contribution in [3.8, 4) is 0 Å². The molecule has 0 fully saturated rings. The summed E-state index contributed by atoms with van der Waals surface area (Å²) >= 11 is 5.86. The van der Waals surface area contributed by atoms with Gasteiger partial charge in [0.2, 0.25) is 0 Å². The lowest BCUT2D eigenvalue weighted by molar-refractivity contribution is 0.281. The molecule has 2 heteroatoms. The molecule has 0 saturated carbocycles. The minimum Gasteiger partial charge on any atom is -0.392 e. The van der Waals surface area contributed by atoms with Gasteiger partial charge in [0.15, 0.2) is 0 Å². The number of aliphatic hydroxyl groups excluding tert-OH is 1. The molecule has 1 nitrogen and oxygen atoms in total. The van der Waals surface area contributed by atoms with Gasteiger partial charge in [-0.3, -0.25) is 0 Å². The van der Waals surface area contributed by atoms with Gasteiger partial charge in [-0.15, -0.1) is 0 Å². The van der Waals surface area contributed by atoms with Crippen molar-refractivity contribution in [2.24, 2.45) is 0 Å². The van der Waals surface area contributed by atoms with E-state index < -0.39 is 0 Å². The smallest absolute Gasteiger partial charge is 0.0684 e. The first-order valence-electron chi connectivity index (χ1n) is 3.51. The Labute approximate surface area is 71.6 Å². The van der Waals surface area contributed by atoms with Crippen LogP contribution >= 0.6 is 11.6 Å². The molecule has 1 rings (SSSR count). The Morgan fingerprint density at radius 3 is 2.45 bits per heavy atom. The zero-order valence-electron chi connectivity index (χ0n) is 6.69. The van der Waals surface area contributed by atoms with Crippen molar-refractivity contribution in [3.63, 3.8) is 0 Å². The van der Waals surface area contributed by atoms with Crippen LogP contribution in [0, 0.1) is 13.8 Å². The Morgan fingerprint density at radius 2 is 1.91 bits per heavy atom. The fraction of sp³-hybridized carbons (Fsp3) is 0.333. The second kappa shape index (κ2) is 3.24. The van der Waals surface area contributed by atoms with Crippen molar-refractivity contribution >= 4 is 11.6 Å². The van der Waals surface area contributed by atoms with Crippen LogP contribution in [0.3, 0.4) is 0 Å². The highest BCUT2D eigenvalue weighted by molar-refractivity contribution is 6.31. The van der Waals surface area contributed by atoms with Gasteiger partial charge < -0.3 is 5.11 Å². The summed E-state index contributed by atoms with van der Waals surface area (Å²) in [6.07, 6.45) is 0. The second-order valence-corrected chi connectivity index (χ2v) is 3.09. The molecular weight excluding hydrogens is 160 g/mol. The summed E-state index contributed by atoms with van der Waals surface area (Å²) in [5.74, 6) is 0. The summed E-state index contributed by atoms with van der Waals surface area (Å²) < 4.78 is 0. The summed E-state index contributed by atoms with van der Waals surface area (Å²) in [5, 5.41) is 9.65. The van der Waals surface area contributed by atoms with Crippen LogP contribution in [-0.2, 0) is 6.61 Å². The molecule has 0 atom stereocenters. The molecule has 0 heterocycles. The monoisotopic (exact) mass is 170 g/mol. The Hall–Kier alpha value is -0.530. The quantitative estimate of drug-likeness (QED) is 0.687. The average molecular weight is 171 g/mol. The van der Waals surface area contributed by atoms with E-state index >= 15 is 0 Å². The lowest BCUT2D eigenvalue weighted by atomic mass is 10.1. The van der Waals surface area contributed by atoms with E-state index in [1.807, 2.05) is 26.0 Å². The molecule has 0 aliphatic rings. The summed E-state index contributed by atoms with van der Waals surface area (Å²) in [6.45, 7) is 3.96. The van der Waals surface area contributed by atoms with Crippen LogP contribution in [0.4, 0.5) is 0 Å². The molecule has 0 aliphatic carbocycles. The third-order valence-corrected chi connectivity index (χ3v) is 2.19. The summed E-state index contributed by atoms with van der Waals surface area (Å²) in [5.41, 5.74) is 3.01.